The number of carbonyl (C=O) groups is 1. The Morgan fingerprint density at radius 2 is 2.18 bits per heavy atom. The van der Waals surface area contributed by atoms with Gasteiger partial charge in [-0.25, -0.2) is 4.79 Å². The third-order valence-electron chi connectivity index (χ3n) is 2.40. The van der Waals surface area contributed by atoms with Gasteiger partial charge in [-0.2, -0.15) is 0 Å². The Morgan fingerprint density at radius 3 is 2.82 bits per heavy atom. The molecular weight excluding hydrogens is 216 g/mol. The molecule has 0 aliphatic carbocycles. The van der Waals surface area contributed by atoms with Crippen LogP contribution in [0.2, 0.25) is 0 Å². The average molecular weight is 230 g/mol. The van der Waals surface area contributed by atoms with Gasteiger partial charge in [0, 0.05) is 12.0 Å². The molecule has 0 bridgehead atoms. The number of esters is 1. The summed E-state index contributed by atoms with van der Waals surface area (Å²) < 4.78 is 9.98. The number of epoxide rings is 1. The van der Waals surface area contributed by atoms with Crippen LogP contribution in [-0.2, 0) is 14.3 Å². The molecule has 0 saturated carbocycles. The van der Waals surface area contributed by atoms with E-state index in [-0.39, 0.29) is 6.10 Å². The van der Waals surface area contributed by atoms with Crippen molar-refractivity contribution in [1.82, 2.24) is 0 Å². The van der Waals surface area contributed by atoms with Gasteiger partial charge in [0.15, 0.2) is 0 Å². The lowest BCUT2D eigenvalue weighted by atomic mass is 10.2. The molecule has 1 aliphatic rings. The third kappa shape index (κ3) is 3.89. The molecule has 0 spiro atoms. The summed E-state index contributed by atoms with van der Waals surface area (Å²) in [4.78, 5) is 11.5. The Labute approximate surface area is 100 Å². The number of benzene rings is 1. The van der Waals surface area contributed by atoms with Crippen molar-refractivity contribution >= 4 is 12.0 Å². The van der Waals surface area contributed by atoms with Crippen LogP contribution in [0.3, 0.4) is 0 Å². The van der Waals surface area contributed by atoms with Gasteiger partial charge in [0.05, 0.1) is 19.0 Å². The zero-order valence-electron chi connectivity index (χ0n) is 9.46. The Hall–Kier alpha value is -1.87. The molecule has 2 rings (SSSR count). The minimum atomic E-state index is -0.396. The fraction of sp³-hybridized carbons (Fsp3) is 0.214. The van der Waals surface area contributed by atoms with Crippen molar-refractivity contribution in [3.63, 3.8) is 0 Å². The van der Waals surface area contributed by atoms with Crippen molar-refractivity contribution in [2.75, 3.05) is 6.61 Å². The van der Waals surface area contributed by atoms with Crippen LogP contribution in [0.5, 0.6) is 0 Å². The van der Waals surface area contributed by atoms with Gasteiger partial charge in [0.1, 0.15) is 0 Å². The molecular formula is C14H14O3. The second-order valence-corrected chi connectivity index (χ2v) is 3.88. The van der Waals surface area contributed by atoms with Crippen LogP contribution >= 0.6 is 0 Å². The fourth-order valence-electron chi connectivity index (χ4n) is 1.37. The summed E-state index contributed by atoms with van der Waals surface area (Å²) >= 11 is 0. The predicted molar refractivity (Wildman–Crippen MR) is 65.1 cm³/mol. The quantitative estimate of drug-likeness (QED) is 0.338. The number of hydrogen-bond acceptors (Lipinski definition) is 3. The maximum Gasteiger partial charge on any atom is 0.338 e. The van der Waals surface area contributed by atoms with E-state index < -0.39 is 5.97 Å². The molecule has 0 amide bonds. The van der Waals surface area contributed by atoms with Gasteiger partial charge in [-0.05, 0) is 11.6 Å². The number of hydrogen-bond donors (Lipinski definition) is 0. The number of rotatable bonds is 5. The van der Waals surface area contributed by atoms with Gasteiger partial charge in [-0.1, -0.05) is 36.9 Å². The molecule has 0 N–H and O–H groups in total. The van der Waals surface area contributed by atoms with Gasteiger partial charge in [-0.3, -0.25) is 0 Å². The molecule has 17 heavy (non-hydrogen) atoms. The van der Waals surface area contributed by atoms with Crippen LogP contribution in [0.25, 0.3) is 6.08 Å². The van der Waals surface area contributed by atoms with Gasteiger partial charge in [-0.15, -0.1) is 0 Å². The van der Waals surface area contributed by atoms with E-state index in [0.29, 0.717) is 18.6 Å². The van der Waals surface area contributed by atoms with Crippen LogP contribution in [-0.4, -0.2) is 18.7 Å². The summed E-state index contributed by atoms with van der Waals surface area (Å²) in [5, 5.41) is 0. The molecule has 1 aromatic carbocycles. The van der Waals surface area contributed by atoms with Crippen molar-refractivity contribution in [2.45, 2.75) is 12.5 Å². The first-order valence-corrected chi connectivity index (χ1v) is 5.47. The summed E-state index contributed by atoms with van der Waals surface area (Å²) in [6, 6.07) is 9.63. The summed E-state index contributed by atoms with van der Waals surface area (Å²) in [7, 11) is 0. The van der Waals surface area contributed by atoms with E-state index in [1.807, 2.05) is 30.3 Å². The summed E-state index contributed by atoms with van der Waals surface area (Å²) in [5.41, 5.74) is 1.43. The van der Waals surface area contributed by atoms with E-state index >= 15 is 0 Å². The molecule has 1 atom stereocenters. The largest absolute Gasteiger partial charge is 0.431 e. The predicted octanol–water partition coefficient (Wildman–Crippen LogP) is 2.55. The van der Waals surface area contributed by atoms with Gasteiger partial charge < -0.3 is 9.47 Å². The summed E-state index contributed by atoms with van der Waals surface area (Å²) in [6.45, 7) is 4.39. The highest BCUT2D eigenvalue weighted by atomic mass is 16.6. The molecule has 0 radical (unpaired) electrons. The number of carbonyl (C=O) groups excluding carboxylic acids is 1. The molecule has 1 fully saturated rings. The first-order valence-electron chi connectivity index (χ1n) is 5.47. The lowest BCUT2D eigenvalue weighted by Gasteiger charge is -2.00. The zero-order valence-corrected chi connectivity index (χ0v) is 9.46. The third-order valence-corrected chi connectivity index (χ3v) is 2.40. The molecule has 1 aromatic rings. The minimum absolute atomic E-state index is 0.160. The Balaban J connectivity index is 1.79. The molecule has 3 heteroatoms. The highest BCUT2D eigenvalue weighted by Gasteiger charge is 2.25. The average Bonchev–Trinajstić information content (AvgIpc) is 3.14. The number of ether oxygens (including phenoxy) is 2. The highest BCUT2D eigenvalue weighted by Crippen LogP contribution is 2.18. The second-order valence-electron chi connectivity index (χ2n) is 3.88. The van der Waals surface area contributed by atoms with Crippen LogP contribution in [0.15, 0.2) is 48.7 Å². The van der Waals surface area contributed by atoms with Crippen molar-refractivity contribution in [2.24, 2.45) is 0 Å². The molecule has 1 aliphatic heterocycles. The Kier molecular flexibility index (Phi) is 3.73. The molecule has 0 aromatic heterocycles. The topological polar surface area (TPSA) is 38.8 Å². The van der Waals surface area contributed by atoms with Crippen molar-refractivity contribution in [1.29, 1.82) is 0 Å². The van der Waals surface area contributed by atoms with Crippen LogP contribution < -0.4 is 0 Å². The standard InChI is InChI=1S/C14H14O3/c1-11(9-13-10-17-13)14(15)16-8-7-12-5-3-2-4-6-12/h2-8,13H,1,9-10H2. The van der Waals surface area contributed by atoms with Crippen LogP contribution in [0.1, 0.15) is 12.0 Å². The van der Waals surface area contributed by atoms with Crippen molar-refractivity contribution in [3.05, 3.63) is 54.3 Å². The Morgan fingerprint density at radius 1 is 1.47 bits per heavy atom. The highest BCUT2D eigenvalue weighted by molar-refractivity contribution is 5.88. The minimum Gasteiger partial charge on any atom is -0.431 e. The second kappa shape index (κ2) is 5.46. The van der Waals surface area contributed by atoms with E-state index in [1.54, 1.807) is 6.08 Å². The first-order chi connectivity index (χ1) is 8.25. The van der Waals surface area contributed by atoms with Gasteiger partial charge in [0.25, 0.3) is 0 Å². The normalized spacial score (nSPS) is 18.0. The molecule has 1 heterocycles. The molecule has 1 unspecified atom stereocenters. The van der Waals surface area contributed by atoms with E-state index in [2.05, 4.69) is 6.58 Å². The van der Waals surface area contributed by atoms with E-state index in [0.717, 1.165) is 5.56 Å². The smallest absolute Gasteiger partial charge is 0.338 e. The van der Waals surface area contributed by atoms with Gasteiger partial charge >= 0.3 is 5.97 Å². The van der Waals surface area contributed by atoms with Gasteiger partial charge in [0.2, 0.25) is 0 Å². The molecule has 3 nitrogen and oxygen atoms in total. The van der Waals surface area contributed by atoms with E-state index in [1.165, 1.54) is 6.26 Å². The van der Waals surface area contributed by atoms with Crippen molar-refractivity contribution in [3.8, 4) is 0 Å². The lowest BCUT2D eigenvalue weighted by molar-refractivity contribution is -0.133. The Bertz CT molecular complexity index is 430. The fourth-order valence-corrected chi connectivity index (χ4v) is 1.37. The maximum absolute atomic E-state index is 11.5. The van der Waals surface area contributed by atoms with Crippen LogP contribution in [0.4, 0.5) is 0 Å². The lowest BCUT2D eigenvalue weighted by Crippen LogP contribution is -2.05. The maximum atomic E-state index is 11.5. The summed E-state index contributed by atoms with van der Waals surface area (Å²) in [5.74, 6) is -0.396. The van der Waals surface area contributed by atoms with Crippen molar-refractivity contribution < 1.29 is 14.3 Å². The van der Waals surface area contributed by atoms with Crippen LogP contribution in [0, 0.1) is 0 Å². The van der Waals surface area contributed by atoms with E-state index in [4.69, 9.17) is 9.47 Å². The monoisotopic (exact) mass is 230 g/mol. The SMILES string of the molecule is C=C(CC1CO1)C(=O)OC=Cc1ccccc1. The molecule has 1 saturated heterocycles. The summed E-state index contributed by atoms with van der Waals surface area (Å²) in [6.07, 6.45) is 3.83. The molecule has 88 valence electrons. The van der Waals surface area contributed by atoms with E-state index in [9.17, 15) is 4.79 Å². The zero-order chi connectivity index (χ0) is 12.1. The first kappa shape index (κ1) is 11.6.